The first-order valence-corrected chi connectivity index (χ1v) is 7.88. The molecule has 1 unspecified atom stereocenters. The number of rotatable bonds is 5. The van der Waals surface area contributed by atoms with E-state index in [1.54, 1.807) is 11.2 Å². The van der Waals surface area contributed by atoms with Crippen LogP contribution in [0.4, 0.5) is 5.69 Å². The summed E-state index contributed by atoms with van der Waals surface area (Å²) in [7, 11) is 0. The minimum atomic E-state index is -0.529. The topological polar surface area (TPSA) is 66.6 Å². The van der Waals surface area contributed by atoms with Crippen molar-refractivity contribution in [1.29, 1.82) is 0 Å². The Balaban J connectivity index is 2.64. The molecule has 0 aromatic heterocycles. The van der Waals surface area contributed by atoms with E-state index >= 15 is 0 Å². The number of hydrogen-bond acceptors (Lipinski definition) is 3. The molecule has 2 amide bonds. The summed E-state index contributed by atoms with van der Waals surface area (Å²) in [5.74, 6) is -1.13. The molecule has 0 fully saturated rings. The fraction of sp³-hybridized carbons (Fsp3) is 0.444. The van der Waals surface area contributed by atoms with Crippen LogP contribution in [0.2, 0.25) is 0 Å². The summed E-state index contributed by atoms with van der Waals surface area (Å²) >= 11 is 0. The normalized spacial score (nSPS) is 17.1. The van der Waals surface area contributed by atoms with Crippen LogP contribution in [-0.2, 0) is 16.0 Å². The summed E-state index contributed by atoms with van der Waals surface area (Å²) in [6.45, 7) is 11.9. The molecule has 1 aromatic rings. The van der Waals surface area contributed by atoms with Crippen LogP contribution in [0.1, 0.15) is 51.2 Å². The predicted molar refractivity (Wildman–Crippen MR) is 91.6 cm³/mol. The van der Waals surface area contributed by atoms with Gasteiger partial charge in [-0.25, -0.2) is 5.01 Å². The first-order valence-electron chi connectivity index (χ1n) is 7.88. The van der Waals surface area contributed by atoms with Crippen molar-refractivity contribution in [1.82, 2.24) is 5.01 Å². The molecule has 1 aromatic carbocycles. The largest absolute Gasteiger partial charge is 0.370 e. The number of benzene rings is 1. The van der Waals surface area contributed by atoms with E-state index in [0.29, 0.717) is 0 Å². The highest BCUT2D eigenvalue weighted by Crippen LogP contribution is 2.43. The Morgan fingerprint density at radius 2 is 2.09 bits per heavy atom. The molecule has 1 atom stereocenters. The monoisotopic (exact) mass is 315 g/mol. The van der Waals surface area contributed by atoms with E-state index in [1.165, 1.54) is 0 Å². The minimum Gasteiger partial charge on any atom is -0.370 e. The zero-order chi connectivity index (χ0) is 17.4. The Bertz CT molecular complexity index is 646. The Morgan fingerprint density at radius 1 is 1.43 bits per heavy atom. The first-order chi connectivity index (χ1) is 10.7. The second kappa shape index (κ2) is 6.07. The van der Waals surface area contributed by atoms with E-state index in [1.807, 2.05) is 44.0 Å². The number of carbonyl (C=O) groups excluding carboxylic acids is 2. The summed E-state index contributed by atoms with van der Waals surface area (Å²) in [5, 5.41) is 3.49. The SMILES string of the molecule is C=CN(N1C(=O)C(CC(N)=O)c2cccc(CC)c21)C(C)(C)C. The summed E-state index contributed by atoms with van der Waals surface area (Å²) in [6.07, 6.45) is 2.47. The standard InChI is InChI=1S/C18H25N3O2/c1-6-12-9-8-10-13-14(11-15(19)22)17(23)21(16(12)13)20(7-2)18(3,4)5/h7-10,14H,2,6,11H2,1,3-5H3,(H2,19,22). The number of aryl methyl sites for hydroxylation is 1. The van der Waals surface area contributed by atoms with E-state index < -0.39 is 11.8 Å². The summed E-state index contributed by atoms with van der Waals surface area (Å²) in [4.78, 5) is 24.5. The summed E-state index contributed by atoms with van der Waals surface area (Å²) in [6, 6.07) is 5.84. The van der Waals surface area contributed by atoms with E-state index in [4.69, 9.17) is 5.73 Å². The minimum absolute atomic E-state index is 0.0185. The van der Waals surface area contributed by atoms with E-state index in [-0.39, 0.29) is 17.9 Å². The molecule has 2 rings (SSSR count). The molecular formula is C18H25N3O2. The van der Waals surface area contributed by atoms with Gasteiger partial charge in [0.2, 0.25) is 5.91 Å². The molecule has 1 aliphatic rings. The molecule has 0 spiro atoms. The van der Waals surface area contributed by atoms with Crippen molar-refractivity contribution in [3.05, 3.63) is 42.1 Å². The number of nitrogens with two attached hydrogens (primary N) is 1. The van der Waals surface area contributed by atoms with Crippen LogP contribution < -0.4 is 10.7 Å². The molecule has 0 aliphatic carbocycles. The van der Waals surface area contributed by atoms with Gasteiger partial charge in [-0.3, -0.25) is 14.6 Å². The third kappa shape index (κ3) is 2.96. The van der Waals surface area contributed by atoms with Gasteiger partial charge < -0.3 is 5.73 Å². The third-order valence-corrected chi connectivity index (χ3v) is 4.11. The fourth-order valence-electron chi connectivity index (χ4n) is 3.09. The number of para-hydroxylation sites is 1. The Labute approximate surface area is 137 Å². The number of carbonyl (C=O) groups is 2. The molecule has 0 bridgehead atoms. The van der Waals surface area contributed by atoms with Gasteiger partial charge in [0, 0.05) is 12.6 Å². The number of anilines is 1. The molecule has 0 saturated carbocycles. The van der Waals surface area contributed by atoms with Crippen LogP contribution in [0.15, 0.2) is 31.0 Å². The van der Waals surface area contributed by atoms with Gasteiger partial charge in [0.25, 0.3) is 5.91 Å². The third-order valence-electron chi connectivity index (χ3n) is 4.11. The zero-order valence-electron chi connectivity index (χ0n) is 14.3. The highest BCUT2D eigenvalue weighted by Gasteiger charge is 2.43. The lowest BCUT2D eigenvalue weighted by molar-refractivity contribution is -0.126. The second-order valence-electron chi connectivity index (χ2n) is 6.78. The maximum atomic E-state index is 13.0. The molecule has 23 heavy (non-hydrogen) atoms. The number of hydrazine groups is 1. The van der Waals surface area contributed by atoms with Crippen LogP contribution in [-0.4, -0.2) is 22.4 Å². The molecule has 2 N–H and O–H groups in total. The lowest BCUT2D eigenvalue weighted by Crippen LogP contribution is -2.52. The summed E-state index contributed by atoms with van der Waals surface area (Å²) in [5.41, 5.74) is 7.83. The van der Waals surface area contributed by atoms with Crippen molar-refractivity contribution in [2.24, 2.45) is 5.73 Å². The molecule has 1 aliphatic heterocycles. The molecule has 5 nitrogen and oxygen atoms in total. The summed E-state index contributed by atoms with van der Waals surface area (Å²) < 4.78 is 0. The van der Waals surface area contributed by atoms with Gasteiger partial charge in [-0.2, -0.15) is 0 Å². The number of amides is 2. The van der Waals surface area contributed by atoms with Crippen molar-refractivity contribution < 1.29 is 9.59 Å². The molecular weight excluding hydrogens is 290 g/mol. The highest BCUT2D eigenvalue weighted by molar-refractivity contribution is 6.07. The van der Waals surface area contributed by atoms with Crippen molar-refractivity contribution in [3.8, 4) is 0 Å². The van der Waals surface area contributed by atoms with Crippen LogP contribution in [0.25, 0.3) is 0 Å². The Kier molecular flexibility index (Phi) is 4.50. The second-order valence-corrected chi connectivity index (χ2v) is 6.78. The van der Waals surface area contributed by atoms with Crippen LogP contribution in [0.3, 0.4) is 0 Å². The van der Waals surface area contributed by atoms with Gasteiger partial charge in [-0.1, -0.05) is 31.7 Å². The molecule has 0 radical (unpaired) electrons. The van der Waals surface area contributed by atoms with Gasteiger partial charge in [0.05, 0.1) is 17.1 Å². The lowest BCUT2D eigenvalue weighted by Gasteiger charge is -2.41. The maximum absolute atomic E-state index is 13.0. The average Bonchev–Trinajstić information content (AvgIpc) is 2.72. The van der Waals surface area contributed by atoms with Crippen molar-refractivity contribution >= 4 is 17.5 Å². The Hall–Kier alpha value is -2.30. The number of hydrogen-bond donors (Lipinski definition) is 1. The quantitative estimate of drug-likeness (QED) is 0.908. The van der Waals surface area contributed by atoms with Crippen LogP contribution in [0.5, 0.6) is 0 Å². The van der Waals surface area contributed by atoms with Gasteiger partial charge in [-0.05, 0) is 38.3 Å². The van der Waals surface area contributed by atoms with Gasteiger partial charge in [0.1, 0.15) is 0 Å². The van der Waals surface area contributed by atoms with Crippen molar-refractivity contribution in [3.63, 3.8) is 0 Å². The van der Waals surface area contributed by atoms with Crippen molar-refractivity contribution in [2.75, 3.05) is 5.01 Å². The van der Waals surface area contributed by atoms with E-state index in [9.17, 15) is 9.59 Å². The van der Waals surface area contributed by atoms with Crippen molar-refractivity contribution in [2.45, 2.75) is 52.0 Å². The molecule has 1 heterocycles. The molecule has 124 valence electrons. The Morgan fingerprint density at radius 3 is 2.57 bits per heavy atom. The number of nitrogens with zero attached hydrogens (tertiary/aromatic N) is 2. The lowest BCUT2D eigenvalue weighted by atomic mass is 9.95. The number of primary amides is 1. The van der Waals surface area contributed by atoms with E-state index in [0.717, 1.165) is 23.2 Å². The predicted octanol–water partition coefficient (Wildman–Crippen LogP) is 2.71. The van der Waals surface area contributed by atoms with Crippen LogP contribution in [0, 0.1) is 0 Å². The highest BCUT2D eigenvalue weighted by atomic mass is 16.2. The first kappa shape index (κ1) is 17.1. The fourth-order valence-corrected chi connectivity index (χ4v) is 3.09. The van der Waals surface area contributed by atoms with Gasteiger partial charge >= 0.3 is 0 Å². The van der Waals surface area contributed by atoms with E-state index in [2.05, 4.69) is 13.5 Å². The molecule has 5 heteroatoms. The number of fused-ring (bicyclic) bond motifs is 1. The average molecular weight is 315 g/mol. The van der Waals surface area contributed by atoms with Gasteiger partial charge in [0.15, 0.2) is 0 Å². The van der Waals surface area contributed by atoms with Crippen LogP contribution >= 0.6 is 0 Å². The molecule has 0 saturated heterocycles. The van der Waals surface area contributed by atoms with Gasteiger partial charge in [-0.15, -0.1) is 0 Å². The smallest absolute Gasteiger partial charge is 0.253 e. The maximum Gasteiger partial charge on any atom is 0.253 e. The zero-order valence-corrected chi connectivity index (χ0v) is 14.3.